The summed E-state index contributed by atoms with van der Waals surface area (Å²) in [6.45, 7) is 7.78. The summed E-state index contributed by atoms with van der Waals surface area (Å²) in [4.78, 5) is 43.2. The number of nitrogens with zero attached hydrogens (tertiary/aromatic N) is 3. The Hall–Kier alpha value is -2.53. The highest BCUT2D eigenvalue weighted by atomic mass is 16.5. The molecule has 190 valence electrons. The molecule has 10 nitrogen and oxygen atoms in total. The predicted molar refractivity (Wildman–Crippen MR) is 131 cm³/mol. The van der Waals surface area contributed by atoms with Crippen molar-refractivity contribution in [1.82, 2.24) is 20.0 Å². The van der Waals surface area contributed by atoms with Gasteiger partial charge in [0, 0.05) is 62.0 Å². The number of rotatable bonds is 9. The van der Waals surface area contributed by atoms with Crippen LogP contribution in [0.3, 0.4) is 0 Å². The molecule has 4 aliphatic heterocycles. The summed E-state index contributed by atoms with van der Waals surface area (Å²) in [6, 6.07) is 5.79. The van der Waals surface area contributed by atoms with E-state index in [2.05, 4.69) is 20.4 Å². The van der Waals surface area contributed by atoms with Gasteiger partial charge in [0.1, 0.15) is 6.04 Å². The first-order valence-corrected chi connectivity index (χ1v) is 12.8. The summed E-state index contributed by atoms with van der Waals surface area (Å²) in [6.07, 6.45) is 2.79. The van der Waals surface area contributed by atoms with E-state index in [4.69, 9.17) is 10.5 Å². The molecule has 0 radical (unpaired) electrons. The fraction of sp³-hybridized carbons (Fsp3) is 0.640. The van der Waals surface area contributed by atoms with Crippen LogP contribution in [0.5, 0.6) is 0 Å². The lowest BCUT2D eigenvalue weighted by Crippen LogP contribution is -2.55. The number of nitrogens with one attached hydrogen (secondary N) is 2. The number of carbonyl (C=O) groups excluding carboxylic acids is 3. The van der Waals surface area contributed by atoms with Crippen LogP contribution in [0.15, 0.2) is 18.2 Å². The largest absolute Gasteiger partial charge is 0.379 e. The lowest BCUT2D eigenvalue weighted by atomic mass is 10.0. The van der Waals surface area contributed by atoms with Crippen molar-refractivity contribution in [3.05, 3.63) is 29.3 Å². The van der Waals surface area contributed by atoms with Crippen molar-refractivity contribution in [1.29, 1.82) is 0 Å². The van der Waals surface area contributed by atoms with Gasteiger partial charge in [0.2, 0.25) is 11.8 Å². The fourth-order valence-electron chi connectivity index (χ4n) is 5.45. The van der Waals surface area contributed by atoms with Crippen LogP contribution < -0.4 is 16.4 Å². The molecule has 5 rings (SSSR count). The van der Waals surface area contributed by atoms with Crippen LogP contribution in [0.25, 0.3) is 0 Å². The van der Waals surface area contributed by atoms with Crippen molar-refractivity contribution in [2.24, 2.45) is 5.73 Å². The summed E-state index contributed by atoms with van der Waals surface area (Å²) in [5, 5.41) is 5.94. The summed E-state index contributed by atoms with van der Waals surface area (Å²) in [5.41, 5.74) is 8.48. The third-order valence-electron chi connectivity index (χ3n) is 7.63. The maximum atomic E-state index is 13.0. The molecule has 0 spiro atoms. The van der Waals surface area contributed by atoms with Crippen LogP contribution in [0.1, 0.15) is 41.6 Å². The molecule has 0 saturated carbocycles. The molecular weight excluding hydrogens is 448 g/mol. The lowest BCUT2D eigenvalue weighted by molar-refractivity contribution is -0.136. The van der Waals surface area contributed by atoms with Crippen molar-refractivity contribution < 1.29 is 19.1 Å². The number of carbonyl (C=O) groups is 3. The molecule has 0 aliphatic carbocycles. The van der Waals surface area contributed by atoms with E-state index in [1.807, 2.05) is 18.2 Å². The van der Waals surface area contributed by atoms with Crippen LogP contribution in [0.4, 0.5) is 5.69 Å². The highest BCUT2D eigenvalue weighted by molar-refractivity contribution is 6.06. The minimum atomic E-state index is -0.591. The van der Waals surface area contributed by atoms with Crippen LogP contribution in [0, 0.1) is 0 Å². The van der Waals surface area contributed by atoms with E-state index in [9.17, 15) is 14.4 Å². The predicted octanol–water partition coefficient (Wildman–Crippen LogP) is -0.0166. The van der Waals surface area contributed by atoms with E-state index in [0.717, 1.165) is 76.6 Å². The first-order chi connectivity index (χ1) is 17.0. The molecule has 4 N–H and O–H groups in total. The Balaban J connectivity index is 1.04. The maximum Gasteiger partial charge on any atom is 0.255 e. The monoisotopic (exact) mass is 484 g/mol. The first kappa shape index (κ1) is 24.2. The zero-order valence-corrected chi connectivity index (χ0v) is 20.2. The number of amides is 3. The summed E-state index contributed by atoms with van der Waals surface area (Å²) >= 11 is 0. The van der Waals surface area contributed by atoms with Crippen molar-refractivity contribution in [3.8, 4) is 0 Å². The molecule has 3 saturated heterocycles. The molecule has 1 aromatic rings. The van der Waals surface area contributed by atoms with Gasteiger partial charge < -0.3 is 25.6 Å². The Labute approximate surface area is 206 Å². The van der Waals surface area contributed by atoms with Gasteiger partial charge in [-0.3, -0.25) is 24.6 Å². The quantitative estimate of drug-likeness (QED) is 0.331. The van der Waals surface area contributed by atoms with E-state index < -0.39 is 6.04 Å². The molecule has 1 atom stereocenters. The van der Waals surface area contributed by atoms with Gasteiger partial charge in [-0.1, -0.05) is 6.07 Å². The molecule has 35 heavy (non-hydrogen) atoms. The molecule has 0 bridgehead atoms. The van der Waals surface area contributed by atoms with E-state index in [1.165, 1.54) is 0 Å². The summed E-state index contributed by atoms with van der Waals surface area (Å²) in [5.74, 6) is -0.795. The molecule has 4 aliphatic rings. The van der Waals surface area contributed by atoms with Gasteiger partial charge in [-0.25, -0.2) is 0 Å². The molecule has 3 fully saturated rings. The SMILES string of the molecule is NC1CCN(CCOCCN2CC(Nc3cccc4c3CN(C3CCC(=O)NC3=O)C4=O)C2)CC1. The van der Waals surface area contributed by atoms with E-state index in [1.54, 1.807) is 4.90 Å². The van der Waals surface area contributed by atoms with Gasteiger partial charge in [0.15, 0.2) is 0 Å². The zero-order valence-electron chi connectivity index (χ0n) is 20.2. The number of anilines is 1. The van der Waals surface area contributed by atoms with Crippen LogP contribution in [-0.2, 0) is 20.9 Å². The summed E-state index contributed by atoms with van der Waals surface area (Å²) in [7, 11) is 0. The Morgan fingerprint density at radius 1 is 1.03 bits per heavy atom. The maximum absolute atomic E-state index is 13.0. The normalized spacial score (nSPS) is 24.4. The summed E-state index contributed by atoms with van der Waals surface area (Å²) < 4.78 is 5.85. The second kappa shape index (κ2) is 10.6. The Morgan fingerprint density at radius 2 is 1.77 bits per heavy atom. The third kappa shape index (κ3) is 5.50. The minimum absolute atomic E-state index is 0.141. The van der Waals surface area contributed by atoms with Crippen molar-refractivity contribution >= 4 is 23.4 Å². The molecule has 3 amide bonds. The second-order valence-electron chi connectivity index (χ2n) is 10.1. The van der Waals surface area contributed by atoms with Crippen molar-refractivity contribution in [2.45, 2.75) is 50.4 Å². The number of hydrogen-bond donors (Lipinski definition) is 3. The zero-order chi connectivity index (χ0) is 24.4. The molecule has 10 heteroatoms. The van der Waals surface area contributed by atoms with Gasteiger partial charge in [0.05, 0.1) is 19.3 Å². The number of imide groups is 1. The molecule has 0 aromatic heterocycles. The Bertz CT molecular complexity index is 957. The van der Waals surface area contributed by atoms with Crippen LogP contribution in [0.2, 0.25) is 0 Å². The van der Waals surface area contributed by atoms with Crippen LogP contribution in [-0.4, -0.2) is 103 Å². The number of nitrogens with two attached hydrogens (primary N) is 1. The highest BCUT2D eigenvalue weighted by Crippen LogP contribution is 2.33. The van der Waals surface area contributed by atoms with Gasteiger partial charge in [-0.05, 0) is 44.5 Å². The molecule has 1 unspecified atom stereocenters. The van der Waals surface area contributed by atoms with E-state index in [-0.39, 0.29) is 24.1 Å². The van der Waals surface area contributed by atoms with Gasteiger partial charge in [0.25, 0.3) is 5.91 Å². The average Bonchev–Trinajstić information content (AvgIpc) is 3.15. The Kier molecular flexibility index (Phi) is 7.33. The van der Waals surface area contributed by atoms with Gasteiger partial charge in [-0.2, -0.15) is 0 Å². The molecule has 4 heterocycles. The fourth-order valence-corrected chi connectivity index (χ4v) is 5.45. The number of hydrogen-bond acceptors (Lipinski definition) is 8. The lowest BCUT2D eigenvalue weighted by Gasteiger charge is -2.40. The molecular formula is C25H36N6O4. The van der Waals surface area contributed by atoms with Gasteiger partial charge in [-0.15, -0.1) is 0 Å². The van der Waals surface area contributed by atoms with Crippen molar-refractivity contribution in [2.75, 3.05) is 57.8 Å². The molecule has 1 aromatic carbocycles. The first-order valence-electron chi connectivity index (χ1n) is 12.8. The topological polar surface area (TPSA) is 120 Å². The van der Waals surface area contributed by atoms with Crippen molar-refractivity contribution in [3.63, 3.8) is 0 Å². The standard InChI is InChI=1S/C25H36N6O4/c26-17-6-8-29(9-7-17)10-12-35-13-11-30-14-18(15-30)27-21-3-1-2-19-20(21)16-31(25(19)34)22-4-5-23(32)28-24(22)33/h1-3,17-18,22,27H,4-16,26H2,(H,28,32,33). The smallest absolute Gasteiger partial charge is 0.255 e. The number of ether oxygens (including phenoxy) is 1. The van der Waals surface area contributed by atoms with Gasteiger partial charge >= 0.3 is 0 Å². The second-order valence-corrected chi connectivity index (χ2v) is 10.1. The highest BCUT2D eigenvalue weighted by Gasteiger charge is 2.40. The van der Waals surface area contributed by atoms with E-state index in [0.29, 0.717) is 30.6 Å². The van der Waals surface area contributed by atoms with Crippen LogP contribution >= 0.6 is 0 Å². The van der Waals surface area contributed by atoms with E-state index >= 15 is 0 Å². The number of benzene rings is 1. The third-order valence-corrected chi connectivity index (χ3v) is 7.63. The minimum Gasteiger partial charge on any atom is -0.379 e. The Morgan fingerprint density at radius 3 is 2.51 bits per heavy atom. The number of fused-ring (bicyclic) bond motifs is 1. The average molecular weight is 485 g/mol. The number of likely N-dealkylation sites (tertiary alicyclic amines) is 2. The number of piperidine rings is 2.